The smallest absolute Gasteiger partial charge is 0.202 e. The second kappa shape index (κ2) is 3.29. The van der Waals surface area contributed by atoms with Crippen LogP contribution < -0.4 is 0 Å². The number of nitrogens with zero attached hydrogens (tertiary/aromatic N) is 1. The van der Waals surface area contributed by atoms with E-state index >= 15 is 0 Å². The molecule has 3 heteroatoms. The van der Waals surface area contributed by atoms with Gasteiger partial charge in [0.05, 0.1) is 0 Å². The van der Waals surface area contributed by atoms with E-state index in [0.29, 0.717) is 16.2 Å². The van der Waals surface area contributed by atoms with Crippen LogP contribution in [0.4, 0.5) is 0 Å². The second-order valence-corrected chi connectivity index (χ2v) is 8.20. The summed E-state index contributed by atoms with van der Waals surface area (Å²) in [6.07, 6.45) is 0. The molecule has 0 amide bonds. The molecule has 0 aromatic rings. The molecule has 15 heavy (non-hydrogen) atoms. The van der Waals surface area contributed by atoms with Gasteiger partial charge in [0, 0.05) is 0 Å². The van der Waals surface area contributed by atoms with Crippen LogP contribution in [-0.2, 0) is 0 Å². The summed E-state index contributed by atoms with van der Waals surface area (Å²) in [7, 11) is 0. The lowest BCUT2D eigenvalue weighted by Gasteiger charge is -2.29. The second-order valence-electron chi connectivity index (χ2n) is 8.20. The summed E-state index contributed by atoms with van der Waals surface area (Å²) in [5, 5.41) is 0.788. The molecule has 1 rings (SSSR count). The van der Waals surface area contributed by atoms with Gasteiger partial charge in [0.15, 0.2) is 0 Å². The van der Waals surface area contributed by atoms with Crippen LogP contribution >= 0.6 is 0 Å². The van der Waals surface area contributed by atoms with Crippen LogP contribution in [0.5, 0.6) is 0 Å². The third kappa shape index (κ3) is 2.61. The minimum atomic E-state index is 0.301. The van der Waals surface area contributed by atoms with Crippen molar-refractivity contribution in [2.45, 2.75) is 78.5 Å². The van der Waals surface area contributed by atoms with Crippen LogP contribution in [0.15, 0.2) is 0 Å². The van der Waals surface area contributed by atoms with Gasteiger partial charge in [0.25, 0.3) is 0 Å². The zero-order valence-corrected chi connectivity index (χ0v) is 12.1. The zero-order valence-electron chi connectivity index (χ0n) is 12.1. The number of hydrogen-bond donors (Lipinski definition) is 0. The molecule has 1 heterocycles. The lowest BCUT2D eigenvalue weighted by molar-refractivity contribution is 0.385. The van der Waals surface area contributed by atoms with Crippen molar-refractivity contribution in [1.82, 2.24) is 4.72 Å². The average molecular weight is 207 g/mol. The third-order valence-corrected chi connectivity index (χ3v) is 3.36. The molecule has 0 aliphatic carbocycles. The molecule has 86 valence electrons. The van der Waals surface area contributed by atoms with Crippen LogP contribution in [0.3, 0.4) is 0 Å². The van der Waals surface area contributed by atoms with Crippen molar-refractivity contribution in [2.24, 2.45) is 0 Å². The highest BCUT2D eigenvalue weighted by Crippen LogP contribution is 2.52. The van der Waals surface area contributed by atoms with Crippen molar-refractivity contribution in [3.05, 3.63) is 0 Å². The highest BCUT2D eigenvalue weighted by molar-refractivity contribution is 7.38. The maximum atomic E-state index is 2.69. The van der Waals surface area contributed by atoms with E-state index < -0.39 is 0 Å². The summed E-state index contributed by atoms with van der Waals surface area (Å²) in [4.78, 5) is 0. The van der Waals surface area contributed by atoms with Gasteiger partial charge in [-0.25, -0.2) is 0 Å². The minimum absolute atomic E-state index is 0.301. The van der Waals surface area contributed by atoms with Crippen LogP contribution in [0, 0.1) is 0 Å². The first-order chi connectivity index (χ1) is 6.37. The monoisotopic (exact) mass is 207 g/mol. The first-order valence-corrected chi connectivity index (χ1v) is 6.15. The van der Waals surface area contributed by atoms with E-state index in [9.17, 15) is 0 Å². The van der Waals surface area contributed by atoms with Crippen LogP contribution in [-0.4, -0.2) is 23.7 Å². The summed E-state index contributed by atoms with van der Waals surface area (Å²) in [6, 6.07) is 0. The zero-order chi connectivity index (χ0) is 12.2. The molecule has 0 N–H and O–H groups in total. The van der Waals surface area contributed by atoms with E-state index in [0.717, 1.165) is 13.5 Å². The van der Waals surface area contributed by atoms with E-state index in [-0.39, 0.29) is 0 Å². The molecule has 1 aliphatic heterocycles. The van der Waals surface area contributed by atoms with E-state index in [1.165, 1.54) is 0 Å². The van der Waals surface area contributed by atoms with Gasteiger partial charge < -0.3 is 4.72 Å². The fraction of sp³-hybridized carbons (Fsp3) is 1.00. The predicted octanol–water partition coefficient (Wildman–Crippen LogP) is 3.76. The quantitative estimate of drug-likeness (QED) is 0.431. The van der Waals surface area contributed by atoms with Crippen molar-refractivity contribution >= 4 is 13.5 Å². The maximum absolute atomic E-state index is 2.69. The molecule has 0 unspecified atom stereocenters. The third-order valence-electron chi connectivity index (χ3n) is 3.36. The molecule has 1 nitrogen and oxygen atoms in total. The molecular weight excluding hydrogens is 180 g/mol. The average Bonchev–Trinajstić information content (AvgIpc) is 2.51. The molecular formula is C12H27B2N. The van der Waals surface area contributed by atoms with Crippen molar-refractivity contribution in [3.63, 3.8) is 0 Å². The Bertz CT molecular complexity index is 193. The van der Waals surface area contributed by atoms with E-state index in [4.69, 9.17) is 0 Å². The SMILES string of the molecule is CC(C)(C)B1B(C(C)(C)C)N1C(C)(C)C. The Labute approximate surface area is 97.2 Å². The van der Waals surface area contributed by atoms with Crippen LogP contribution in [0.1, 0.15) is 62.3 Å². The Morgan fingerprint density at radius 3 is 0.933 bits per heavy atom. The van der Waals surface area contributed by atoms with Crippen molar-refractivity contribution in [3.8, 4) is 0 Å². The highest BCUT2D eigenvalue weighted by Gasteiger charge is 2.66. The summed E-state index contributed by atoms with van der Waals surface area (Å²) in [5.41, 5.74) is 0.301. The number of hydrogen-bond acceptors (Lipinski definition) is 1. The highest BCUT2D eigenvalue weighted by atomic mass is 15.2. The van der Waals surface area contributed by atoms with Gasteiger partial charge in [-0.2, -0.15) is 0 Å². The first-order valence-electron chi connectivity index (χ1n) is 6.15. The topological polar surface area (TPSA) is 3.01 Å². The summed E-state index contributed by atoms with van der Waals surface area (Å²) < 4.78 is 2.69. The van der Waals surface area contributed by atoms with Crippen molar-refractivity contribution in [2.75, 3.05) is 0 Å². The first kappa shape index (κ1) is 13.2. The molecule has 0 radical (unpaired) electrons. The van der Waals surface area contributed by atoms with Gasteiger partial charge in [-0.05, 0) is 36.9 Å². The molecule has 0 atom stereocenters. The largest absolute Gasteiger partial charge is 0.388 e. The Morgan fingerprint density at radius 1 is 0.600 bits per heavy atom. The van der Waals surface area contributed by atoms with Crippen LogP contribution in [0.25, 0.3) is 0 Å². The predicted molar refractivity (Wildman–Crippen MR) is 72.5 cm³/mol. The normalized spacial score (nSPS) is 19.8. The Balaban J connectivity index is 2.91. The molecule has 1 fully saturated rings. The van der Waals surface area contributed by atoms with E-state index in [2.05, 4.69) is 67.0 Å². The fourth-order valence-corrected chi connectivity index (χ4v) is 2.85. The fourth-order valence-electron chi connectivity index (χ4n) is 2.85. The molecule has 1 aliphatic rings. The number of rotatable bonds is 0. The summed E-state index contributed by atoms with van der Waals surface area (Å²) in [6.45, 7) is 22.6. The van der Waals surface area contributed by atoms with Gasteiger partial charge in [0.2, 0.25) is 13.5 Å². The van der Waals surface area contributed by atoms with Gasteiger partial charge in [0.1, 0.15) is 0 Å². The van der Waals surface area contributed by atoms with Gasteiger partial charge in [-0.3, -0.25) is 0 Å². The molecule has 0 bridgehead atoms. The van der Waals surface area contributed by atoms with Crippen LogP contribution in [0.2, 0.25) is 10.6 Å². The summed E-state index contributed by atoms with van der Waals surface area (Å²) in [5.74, 6) is 0. The van der Waals surface area contributed by atoms with Gasteiger partial charge in [-0.1, -0.05) is 41.5 Å². The molecule has 0 aromatic heterocycles. The van der Waals surface area contributed by atoms with Gasteiger partial charge >= 0.3 is 0 Å². The summed E-state index contributed by atoms with van der Waals surface area (Å²) >= 11 is 0. The Kier molecular flexibility index (Phi) is 2.89. The molecule has 0 saturated carbocycles. The Hall–Kier alpha value is 0.0899. The maximum Gasteiger partial charge on any atom is 0.202 e. The van der Waals surface area contributed by atoms with Gasteiger partial charge in [-0.15, -0.1) is 0 Å². The lowest BCUT2D eigenvalue weighted by atomic mass is 9.23. The van der Waals surface area contributed by atoms with Crippen molar-refractivity contribution in [1.29, 1.82) is 0 Å². The minimum Gasteiger partial charge on any atom is -0.388 e. The van der Waals surface area contributed by atoms with Crippen molar-refractivity contribution < 1.29 is 0 Å². The molecule has 0 aromatic carbocycles. The lowest BCUT2D eigenvalue weighted by Crippen LogP contribution is -2.33. The molecule has 1 saturated heterocycles. The van der Waals surface area contributed by atoms with E-state index in [1.54, 1.807) is 0 Å². The molecule has 0 spiro atoms. The Morgan fingerprint density at radius 2 is 0.867 bits per heavy atom. The standard InChI is InChI=1S/C12H27B2N/c1-10(2,3)13-14(11(4,5)6)15(13)12(7,8)9/h1-9H3. The van der Waals surface area contributed by atoms with E-state index in [1.807, 2.05) is 0 Å².